The van der Waals surface area contributed by atoms with Crippen LogP contribution >= 0.6 is 0 Å². The third kappa shape index (κ3) is 3.89. The van der Waals surface area contributed by atoms with E-state index in [0.717, 1.165) is 18.4 Å². The number of pyridine rings is 1. The van der Waals surface area contributed by atoms with Gasteiger partial charge in [0.05, 0.1) is 28.9 Å². The van der Waals surface area contributed by atoms with Gasteiger partial charge in [0.15, 0.2) is 5.78 Å². The lowest BCUT2D eigenvalue weighted by atomic mass is 9.88. The smallest absolute Gasteiger partial charge is 0.238 e. The number of primary sulfonamides is 1. The summed E-state index contributed by atoms with van der Waals surface area (Å²) in [5.74, 6) is -0.670. The average Bonchev–Trinajstić information content (AvgIpc) is 2.71. The molecule has 1 aliphatic heterocycles. The van der Waals surface area contributed by atoms with Crippen molar-refractivity contribution in [3.8, 4) is 0 Å². The van der Waals surface area contributed by atoms with Gasteiger partial charge in [-0.05, 0) is 36.5 Å². The van der Waals surface area contributed by atoms with Crippen LogP contribution in [0.25, 0.3) is 0 Å². The van der Waals surface area contributed by atoms with E-state index in [4.69, 9.17) is 9.88 Å². The Balaban J connectivity index is 1.71. The predicted octanol–water partition coefficient (Wildman–Crippen LogP) is 2.16. The molecule has 8 nitrogen and oxygen atoms in total. The number of aromatic nitrogens is 1. The lowest BCUT2D eigenvalue weighted by Crippen LogP contribution is -2.30. The quantitative estimate of drug-likeness (QED) is 0.821. The standard InChI is InChI=1S/C20H19N3O5S/c21-29(26,27)18-3-1-2-15-19(18)17(24)9-16(20(15)25)23-14-8-13(10-22-11-14)12-4-6-28-7-5-12/h1-3,8,10-12H,4-7,9H2,(H2,21,26,27). The van der Waals surface area contributed by atoms with Crippen LogP contribution in [0, 0.1) is 0 Å². The molecule has 1 aliphatic carbocycles. The fraction of sp³-hybridized carbons (Fsp3) is 0.300. The number of Topliss-reactive ketones (excluding diaryl/α,β-unsaturated/α-hetero) is 2. The summed E-state index contributed by atoms with van der Waals surface area (Å²) in [6.07, 6.45) is 4.80. The number of hydrogen-bond acceptors (Lipinski definition) is 7. The van der Waals surface area contributed by atoms with Crippen LogP contribution in [-0.4, -0.2) is 43.9 Å². The van der Waals surface area contributed by atoms with E-state index in [1.54, 1.807) is 6.20 Å². The number of sulfonamides is 1. The van der Waals surface area contributed by atoms with Gasteiger partial charge < -0.3 is 4.74 Å². The number of carbonyl (C=O) groups is 2. The number of nitrogens with zero attached hydrogens (tertiary/aromatic N) is 2. The summed E-state index contributed by atoms with van der Waals surface area (Å²) < 4.78 is 29.0. The van der Waals surface area contributed by atoms with Crippen LogP contribution in [0.2, 0.25) is 0 Å². The Morgan fingerprint density at radius 2 is 1.90 bits per heavy atom. The molecule has 0 bridgehead atoms. The SMILES string of the molecule is NS(=O)(=O)c1cccc2c1C(=O)CC(=Nc1cncc(C3CCOCC3)c1)C2=O. The zero-order valence-electron chi connectivity index (χ0n) is 15.5. The van der Waals surface area contributed by atoms with Crippen molar-refractivity contribution >= 4 is 33.0 Å². The van der Waals surface area contributed by atoms with Gasteiger partial charge in [0.1, 0.15) is 0 Å². The minimum atomic E-state index is -4.13. The summed E-state index contributed by atoms with van der Waals surface area (Å²) >= 11 is 0. The van der Waals surface area contributed by atoms with Crippen molar-refractivity contribution in [1.82, 2.24) is 4.98 Å². The minimum absolute atomic E-state index is 0.0000630. The Morgan fingerprint density at radius 3 is 2.62 bits per heavy atom. The molecule has 29 heavy (non-hydrogen) atoms. The van der Waals surface area contributed by atoms with Crippen molar-refractivity contribution in [2.24, 2.45) is 10.1 Å². The van der Waals surface area contributed by atoms with Gasteiger partial charge in [-0.25, -0.2) is 18.5 Å². The van der Waals surface area contributed by atoms with Gasteiger partial charge in [0.25, 0.3) is 0 Å². The van der Waals surface area contributed by atoms with Crippen molar-refractivity contribution in [3.63, 3.8) is 0 Å². The van der Waals surface area contributed by atoms with E-state index in [9.17, 15) is 18.0 Å². The van der Waals surface area contributed by atoms with Gasteiger partial charge in [0, 0.05) is 30.5 Å². The topological polar surface area (TPSA) is 129 Å². The van der Waals surface area contributed by atoms with Gasteiger partial charge in [-0.3, -0.25) is 14.6 Å². The second kappa shape index (κ2) is 7.58. The second-order valence-corrected chi connectivity index (χ2v) is 8.60. The van der Waals surface area contributed by atoms with Crippen LogP contribution in [0.5, 0.6) is 0 Å². The van der Waals surface area contributed by atoms with Gasteiger partial charge in [-0.15, -0.1) is 0 Å². The number of benzene rings is 1. The Labute approximate surface area is 167 Å². The zero-order chi connectivity index (χ0) is 20.6. The highest BCUT2D eigenvalue weighted by molar-refractivity contribution is 7.89. The normalized spacial score (nSPS) is 19.4. The van der Waals surface area contributed by atoms with Crippen molar-refractivity contribution in [3.05, 3.63) is 53.3 Å². The number of ether oxygens (including phenoxy) is 1. The highest BCUT2D eigenvalue weighted by atomic mass is 32.2. The van der Waals surface area contributed by atoms with Crippen molar-refractivity contribution in [2.75, 3.05) is 13.2 Å². The first-order chi connectivity index (χ1) is 13.8. The maximum Gasteiger partial charge on any atom is 0.238 e. The fourth-order valence-corrected chi connectivity index (χ4v) is 4.50. The van der Waals surface area contributed by atoms with Gasteiger partial charge in [0.2, 0.25) is 15.8 Å². The molecule has 0 saturated carbocycles. The molecule has 1 aromatic heterocycles. The van der Waals surface area contributed by atoms with E-state index in [0.29, 0.717) is 24.8 Å². The van der Waals surface area contributed by atoms with Crippen molar-refractivity contribution in [2.45, 2.75) is 30.1 Å². The first-order valence-corrected chi connectivity index (χ1v) is 10.7. The van der Waals surface area contributed by atoms with Crippen LogP contribution < -0.4 is 5.14 Å². The van der Waals surface area contributed by atoms with Crippen LogP contribution in [0.1, 0.15) is 51.5 Å². The van der Waals surface area contributed by atoms with E-state index < -0.39 is 21.6 Å². The van der Waals surface area contributed by atoms with Gasteiger partial charge in [-0.1, -0.05) is 12.1 Å². The molecule has 0 spiro atoms. The van der Waals surface area contributed by atoms with E-state index in [1.165, 1.54) is 24.4 Å². The number of aliphatic imine (C=N–C) groups is 1. The zero-order valence-corrected chi connectivity index (χ0v) is 16.3. The molecule has 2 heterocycles. The van der Waals surface area contributed by atoms with Gasteiger partial charge >= 0.3 is 0 Å². The first kappa shape index (κ1) is 19.6. The molecular weight excluding hydrogens is 394 g/mol. The molecule has 2 aliphatic rings. The first-order valence-electron chi connectivity index (χ1n) is 9.18. The molecule has 4 rings (SSSR count). The summed E-state index contributed by atoms with van der Waals surface area (Å²) in [6, 6.07) is 5.89. The molecule has 2 aromatic rings. The molecular formula is C20H19N3O5S. The molecule has 0 atom stereocenters. The summed E-state index contributed by atoms with van der Waals surface area (Å²) in [6.45, 7) is 1.39. The monoisotopic (exact) mass is 413 g/mol. The van der Waals surface area contributed by atoms with Crippen molar-refractivity contribution in [1.29, 1.82) is 0 Å². The van der Waals surface area contributed by atoms with Gasteiger partial charge in [-0.2, -0.15) is 0 Å². The maximum atomic E-state index is 12.9. The minimum Gasteiger partial charge on any atom is -0.381 e. The number of nitrogens with two attached hydrogens (primary N) is 1. The van der Waals surface area contributed by atoms with Crippen molar-refractivity contribution < 1.29 is 22.7 Å². The van der Waals surface area contributed by atoms with Crippen LogP contribution in [-0.2, 0) is 14.8 Å². The molecule has 2 N–H and O–H groups in total. The third-order valence-electron chi connectivity index (χ3n) is 5.15. The number of carbonyl (C=O) groups excluding carboxylic acids is 2. The average molecular weight is 413 g/mol. The lowest BCUT2D eigenvalue weighted by Gasteiger charge is -2.22. The molecule has 0 radical (unpaired) electrons. The third-order valence-corrected chi connectivity index (χ3v) is 6.10. The molecule has 0 amide bonds. The molecule has 0 unspecified atom stereocenters. The van der Waals surface area contributed by atoms with E-state index in [-0.39, 0.29) is 28.2 Å². The molecule has 1 aromatic carbocycles. The largest absolute Gasteiger partial charge is 0.381 e. The number of fused-ring (bicyclic) bond motifs is 1. The highest BCUT2D eigenvalue weighted by Crippen LogP contribution is 2.30. The summed E-state index contributed by atoms with van der Waals surface area (Å²) in [7, 11) is -4.13. The molecule has 150 valence electrons. The second-order valence-electron chi connectivity index (χ2n) is 7.07. The van der Waals surface area contributed by atoms with Crippen LogP contribution in [0.4, 0.5) is 5.69 Å². The summed E-state index contributed by atoms with van der Waals surface area (Å²) in [4.78, 5) is 33.8. The predicted molar refractivity (Wildman–Crippen MR) is 105 cm³/mol. The fourth-order valence-electron chi connectivity index (χ4n) is 3.73. The Kier molecular flexibility index (Phi) is 5.12. The summed E-state index contributed by atoms with van der Waals surface area (Å²) in [5.41, 5.74) is 1.39. The number of rotatable bonds is 3. The molecule has 1 saturated heterocycles. The number of hydrogen-bond donors (Lipinski definition) is 1. The molecule has 1 fully saturated rings. The van der Waals surface area contributed by atoms with E-state index in [1.807, 2.05) is 6.07 Å². The Hall–Kier alpha value is -2.75. The van der Waals surface area contributed by atoms with Crippen LogP contribution in [0.3, 0.4) is 0 Å². The highest BCUT2D eigenvalue weighted by Gasteiger charge is 2.33. The lowest BCUT2D eigenvalue weighted by molar-refractivity contribution is 0.0853. The van der Waals surface area contributed by atoms with E-state index in [2.05, 4.69) is 9.98 Å². The maximum absolute atomic E-state index is 12.9. The Bertz CT molecular complexity index is 1130. The Morgan fingerprint density at radius 1 is 1.14 bits per heavy atom. The molecule has 9 heteroatoms. The number of ketones is 2. The van der Waals surface area contributed by atoms with E-state index >= 15 is 0 Å². The van der Waals surface area contributed by atoms with Crippen LogP contribution in [0.15, 0.2) is 46.5 Å². The summed E-state index contributed by atoms with van der Waals surface area (Å²) in [5, 5.41) is 5.20.